The topological polar surface area (TPSA) is 78.9 Å². The summed E-state index contributed by atoms with van der Waals surface area (Å²) in [6.45, 7) is 4.13. The Morgan fingerprint density at radius 1 is 1.38 bits per heavy atom. The lowest BCUT2D eigenvalue weighted by Crippen LogP contribution is -2.51. The quantitative estimate of drug-likeness (QED) is 0.751. The third kappa shape index (κ3) is 5.19. The summed E-state index contributed by atoms with van der Waals surface area (Å²) in [5.41, 5.74) is 0. The smallest absolute Gasteiger partial charge is 0.317 e. The Morgan fingerprint density at radius 2 is 2.14 bits per heavy atom. The molecule has 6 heteroatoms. The van der Waals surface area contributed by atoms with E-state index in [1.54, 1.807) is 4.90 Å². The van der Waals surface area contributed by atoms with Crippen molar-refractivity contribution in [1.82, 2.24) is 10.2 Å². The zero-order valence-corrected chi connectivity index (χ0v) is 12.7. The number of amides is 2. The van der Waals surface area contributed by atoms with Crippen molar-refractivity contribution in [2.24, 2.45) is 5.92 Å². The van der Waals surface area contributed by atoms with Crippen LogP contribution in [0.3, 0.4) is 0 Å². The van der Waals surface area contributed by atoms with Crippen molar-refractivity contribution in [1.29, 1.82) is 0 Å². The average molecular weight is 298 g/mol. The number of carboxylic acids is 1. The van der Waals surface area contributed by atoms with E-state index in [0.717, 1.165) is 45.3 Å². The molecule has 1 heterocycles. The molecule has 2 atom stereocenters. The van der Waals surface area contributed by atoms with Crippen LogP contribution >= 0.6 is 0 Å². The number of hydrogen-bond donors (Lipinski definition) is 2. The van der Waals surface area contributed by atoms with E-state index in [9.17, 15) is 9.59 Å². The van der Waals surface area contributed by atoms with Crippen LogP contribution in [0.1, 0.15) is 45.4 Å². The molecule has 2 aliphatic rings. The number of urea groups is 1. The van der Waals surface area contributed by atoms with E-state index in [2.05, 4.69) is 12.2 Å². The summed E-state index contributed by atoms with van der Waals surface area (Å²) in [5, 5.41) is 11.8. The van der Waals surface area contributed by atoms with Crippen LogP contribution in [0, 0.1) is 5.92 Å². The van der Waals surface area contributed by atoms with Crippen LogP contribution in [0.5, 0.6) is 0 Å². The van der Waals surface area contributed by atoms with Gasteiger partial charge in [-0.25, -0.2) is 4.79 Å². The van der Waals surface area contributed by atoms with Gasteiger partial charge in [-0.15, -0.1) is 0 Å². The largest absolute Gasteiger partial charge is 0.481 e. The highest BCUT2D eigenvalue weighted by Crippen LogP contribution is 2.34. The van der Waals surface area contributed by atoms with Crippen molar-refractivity contribution in [3.8, 4) is 0 Å². The van der Waals surface area contributed by atoms with Gasteiger partial charge in [0.25, 0.3) is 0 Å². The summed E-state index contributed by atoms with van der Waals surface area (Å²) in [7, 11) is 0. The van der Waals surface area contributed by atoms with Crippen molar-refractivity contribution in [2.45, 2.75) is 57.6 Å². The van der Waals surface area contributed by atoms with E-state index < -0.39 is 5.97 Å². The maximum Gasteiger partial charge on any atom is 0.317 e. The number of carbonyl (C=O) groups excluding carboxylic acids is 1. The Balaban J connectivity index is 1.81. The summed E-state index contributed by atoms with van der Waals surface area (Å²) in [6.07, 6.45) is 5.06. The van der Waals surface area contributed by atoms with E-state index in [1.807, 2.05) is 0 Å². The molecule has 2 N–H and O–H groups in total. The van der Waals surface area contributed by atoms with Crippen molar-refractivity contribution >= 4 is 12.0 Å². The SMILES string of the molecule is CCCOC1CCCN(C(=O)NC(CC(=O)O)C2CC2)C1. The summed E-state index contributed by atoms with van der Waals surface area (Å²) in [5.74, 6) is -0.517. The molecule has 2 fully saturated rings. The van der Waals surface area contributed by atoms with E-state index in [4.69, 9.17) is 9.84 Å². The first-order valence-electron chi connectivity index (χ1n) is 7.99. The summed E-state index contributed by atoms with van der Waals surface area (Å²) >= 11 is 0. The molecule has 1 aliphatic carbocycles. The number of likely N-dealkylation sites (tertiary alicyclic amines) is 1. The van der Waals surface area contributed by atoms with Gasteiger partial charge in [0.15, 0.2) is 0 Å². The van der Waals surface area contributed by atoms with Crippen LogP contribution in [0.15, 0.2) is 0 Å². The van der Waals surface area contributed by atoms with Crippen LogP contribution in [0.2, 0.25) is 0 Å². The fraction of sp³-hybridized carbons (Fsp3) is 0.867. The molecule has 120 valence electrons. The van der Waals surface area contributed by atoms with Gasteiger partial charge in [-0.2, -0.15) is 0 Å². The van der Waals surface area contributed by atoms with Gasteiger partial charge >= 0.3 is 12.0 Å². The number of nitrogens with zero attached hydrogens (tertiary/aromatic N) is 1. The van der Waals surface area contributed by atoms with Crippen LogP contribution in [0.4, 0.5) is 4.79 Å². The molecule has 0 radical (unpaired) electrons. The van der Waals surface area contributed by atoms with Gasteiger partial charge in [-0.1, -0.05) is 6.92 Å². The molecule has 2 amide bonds. The zero-order chi connectivity index (χ0) is 15.2. The van der Waals surface area contributed by atoms with Gasteiger partial charge in [0.05, 0.1) is 12.5 Å². The Hall–Kier alpha value is -1.30. The number of carboxylic acid groups (broad SMARTS) is 1. The molecular formula is C15H26N2O4. The molecule has 1 aliphatic heterocycles. The zero-order valence-electron chi connectivity index (χ0n) is 12.7. The lowest BCUT2D eigenvalue weighted by molar-refractivity contribution is -0.137. The Morgan fingerprint density at radius 3 is 2.76 bits per heavy atom. The van der Waals surface area contributed by atoms with Crippen LogP contribution < -0.4 is 5.32 Å². The number of ether oxygens (including phenoxy) is 1. The molecule has 21 heavy (non-hydrogen) atoms. The summed E-state index contributed by atoms with van der Waals surface area (Å²) < 4.78 is 5.73. The van der Waals surface area contributed by atoms with Crippen LogP contribution in [-0.4, -0.2) is 53.8 Å². The molecule has 0 spiro atoms. The summed E-state index contributed by atoms with van der Waals surface area (Å²) in [6, 6.07) is -0.370. The van der Waals surface area contributed by atoms with Gasteiger partial charge < -0.3 is 20.1 Å². The van der Waals surface area contributed by atoms with Gasteiger partial charge in [0, 0.05) is 25.7 Å². The highest BCUT2D eigenvalue weighted by molar-refractivity contribution is 5.76. The Labute approximate surface area is 125 Å². The summed E-state index contributed by atoms with van der Waals surface area (Å²) in [4.78, 5) is 25.0. The second-order valence-corrected chi connectivity index (χ2v) is 6.07. The lowest BCUT2D eigenvalue weighted by atomic mass is 10.1. The van der Waals surface area contributed by atoms with Crippen LogP contribution in [0.25, 0.3) is 0 Å². The first-order valence-corrected chi connectivity index (χ1v) is 7.99. The van der Waals surface area contributed by atoms with E-state index >= 15 is 0 Å². The number of carbonyl (C=O) groups is 2. The molecule has 0 bridgehead atoms. The third-order valence-corrected chi connectivity index (χ3v) is 4.12. The monoisotopic (exact) mass is 298 g/mol. The highest BCUT2D eigenvalue weighted by atomic mass is 16.5. The predicted octanol–water partition coefficient (Wildman–Crippen LogP) is 1.84. The minimum atomic E-state index is -0.852. The molecule has 1 saturated heterocycles. The molecule has 2 rings (SSSR count). The Bertz CT molecular complexity index is 371. The van der Waals surface area contributed by atoms with E-state index in [1.165, 1.54) is 0 Å². The van der Waals surface area contributed by atoms with E-state index in [-0.39, 0.29) is 24.6 Å². The highest BCUT2D eigenvalue weighted by Gasteiger charge is 2.35. The molecule has 0 aromatic heterocycles. The Kier molecular flexibility index (Phi) is 5.85. The number of aliphatic carboxylic acids is 1. The number of rotatable bonds is 7. The molecule has 0 aromatic rings. The van der Waals surface area contributed by atoms with Crippen molar-refractivity contribution in [3.63, 3.8) is 0 Å². The third-order valence-electron chi connectivity index (χ3n) is 4.12. The second-order valence-electron chi connectivity index (χ2n) is 6.07. The predicted molar refractivity (Wildman–Crippen MR) is 78.1 cm³/mol. The normalized spacial score (nSPS) is 23.7. The van der Waals surface area contributed by atoms with Crippen molar-refractivity contribution in [2.75, 3.05) is 19.7 Å². The maximum atomic E-state index is 12.3. The maximum absolute atomic E-state index is 12.3. The standard InChI is InChI=1S/C15H26N2O4/c1-2-8-21-12-4-3-7-17(10-12)15(20)16-13(9-14(18)19)11-5-6-11/h11-13H,2-10H2,1H3,(H,16,20)(H,18,19). The van der Waals surface area contributed by atoms with Crippen molar-refractivity contribution in [3.05, 3.63) is 0 Å². The number of nitrogens with one attached hydrogen (secondary N) is 1. The first kappa shape index (κ1) is 16.1. The van der Waals surface area contributed by atoms with Crippen LogP contribution in [-0.2, 0) is 9.53 Å². The van der Waals surface area contributed by atoms with Gasteiger partial charge in [-0.05, 0) is 38.0 Å². The fourth-order valence-corrected chi connectivity index (χ4v) is 2.82. The van der Waals surface area contributed by atoms with Crippen molar-refractivity contribution < 1.29 is 19.4 Å². The molecular weight excluding hydrogens is 272 g/mol. The van der Waals surface area contributed by atoms with E-state index in [0.29, 0.717) is 12.5 Å². The minimum absolute atomic E-state index is 0.0139. The molecule has 2 unspecified atom stereocenters. The molecule has 0 aromatic carbocycles. The molecule has 6 nitrogen and oxygen atoms in total. The molecule has 1 saturated carbocycles. The first-order chi connectivity index (χ1) is 10.1. The van der Waals surface area contributed by atoms with Gasteiger partial charge in [0.2, 0.25) is 0 Å². The number of piperidine rings is 1. The van der Waals surface area contributed by atoms with Gasteiger partial charge in [0.1, 0.15) is 0 Å². The fourth-order valence-electron chi connectivity index (χ4n) is 2.82. The van der Waals surface area contributed by atoms with Gasteiger partial charge in [-0.3, -0.25) is 4.79 Å². The number of hydrogen-bond acceptors (Lipinski definition) is 3. The average Bonchev–Trinajstić information content (AvgIpc) is 3.28. The second kappa shape index (κ2) is 7.64. The minimum Gasteiger partial charge on any atom is -0.481 e. The lowest BCUT2D eigenvalue weighted by Gasteiger charge is -2.33.